The minimum absolute atomic E-state index is 0.102. The fourth-order valence-electron chi connectivity index (χ4n) is 1.59. The summed E-state index contributed by atoms with van der Waals surface area (Å²) in [5.74, 6) is -1.30. The van der Waals surface area contributed by atoms with Crippen LogP contribution in [-0.2, 0) is 11.0 Å². The summed E-state index contributed by atoms with van der Waals surface area (Å²) in [5.41, 5.74) is 0.744. The maximum Gasteiger partial charge on any atom is 0.145 e. The predicted molar refractivity (Wildman–Crippen MR) is 69.9 cm³/mol. The van der Waals surface area contributed by atoms with Crippen molar-refractivity contribution in [3.8, 4) is 0 Å². The molecular weight excluding hydrogens is 256 g/mol. The Morgan fingerprint density at radius 3 is 2.56 bits per heavy atom. The molecule has 0 bridgehead atoms. The zero-order valence-corrected chi connectivity index (χ0v) is 11.6. The number of halogens is 2. The standard InChI is InChI=1S/C13H15F2NOS/c1-7(16-18(17)13(2,3)4)8-6-11(14)9-5-10(9)12(8)15/h5-6,9H,1-4H3. The van der Waals surface area contributed by atoms with Crippen LogP contribution in [0.15, 0.2) is 39.3 Å². The van der Waals surface area contributed by atoms with Crippen LogP contribution in [-0.4, -0.2) is 14.7 Å². The van der Waals surface area contributed by atoms with Gasteiger partial charge >= 0.3 is 0 Å². The normalized spacial score (nSPS) is 25.4. The first-order valence-corrected chi connectivity index (χ1v) is 6.79. The molecule has 2 aliphatic carbocycles. The van der Waals surface area contributed by atoms with Gasteiger partial charge in [-0.2, -0.15) is 4.40 Å². The number of nitrogens with zero attached hydrogens (tertiary/aromatic N) is 1. The summed E-state index contributed by atoms with van der Waals surface area (Å²) in [6.45, 7) is 6.88. The van der Waals surface area contributed by atoms with E-state index in [2.05, 4.69) is 4.40 Å². The van der Waals surface area contributed by atoms with Crippen LogP contribution in [0.2, 0.25) is 0 Å². The Bertz CT molecular complexity index is 550. The van der Waals surface area contributed by atoms with Crippen molar-refractivity contribution in [3.63, 3.8) is 0 Å². The third-order valence-corrected chi connectivity index (χ3v) is 4.26. The third kappa shape index (κ3) is 2.36. The molecule has 0 heterocycles. The van der Waals surface area contributed by atoms with Crippen LogP contribution < -0.4 is 0 Å². The van der Waals surface area contributed by atoms with Gasteiger partial charge in [-0.1, -0.05) is 6.08 Å². The molecule has 2 unspecified atom stereocenters. The van der Waals surface area contributed by atoms with Gasteiger partial charge in [0.15, 0.2) is 0 Å². The van der Waals surface area contributed by atoms with Gasteiger partial charge in [-0.3, -0.25) is 0 Å². The Morgan fingerprint density at radius 1 is 1.39 bits per heavy atom. The average molecular weight is 271 g/mol. The lowest BCUT2D eigenvalue weighted by atomic mass is 10.0. The number of fused-ring (bicyclic) bond motifs is 1. The van der Waals surface area contributed by atoms with E-state index in [9.17, 15) is 13.0 Å². The van der Waals surface area contributed by atoms with Gasteiger partial charge in [-0.25, -0.2) is 13.0 Å². The van der Waals surface area contributed by atoms with E-state index < -0.39 is 27.5 Å². The first kappa shape index (κ1) is 13.3. The molecule has 0 aromatic carbocycles. The van der Waals surface area contributed by atoms with Gasteiger partial charge in [0.25, 0.3) is 0 Å². The molecule has 0 fully saturated rings. The number of hydrogen-bond donors (Lipinski definition) is 0. The molecule has 2 nitrogen and oxygen atoms in total. The van der Waals surface area contributed by atoms with Gasteiger partial charge in [0.2, 0.25) is 0 Å². The SMILES string of the molecule is CC(=NS(=O)C(C)(C)C)C1=C(F)C2=CC2C(F)=C1. The molecule has 0 radical (unpaired) electrons. The van der Waals surface area contributed by atoms with Gasteiger partial charge in [0, 0.05) is 5.57 Å². The fraction of sp³-hybridized carbons (Fsp3) is 0.462. The lowest BCUT2D eigenvalue weighted by Crippen LogP contribution is -2.21. The van der Waals surface area contributed by atoms with Crippen molar-refractivity contribution in [2.45, 2.75) is 32.4 Å². The zero-order valence-electron chi connectivity index (χ0n) is 10.8. The first-order valence-electron chi connectivity index (χ1n) is 5.68. The zero-order chi connectivity index (χ0) is 13.7. The van der Waals surface area contributed by atoms with Gasteiger partial charge in [0.1, 0.15) is 22.6 Å². The topological polar surface area (TPSA) is 29.4 Å². The van der Waals surface area contributed by atoms with Crippen molar-refractivity contribution in [2.75, 3.05) is 0 Å². The Hall–Kier alpha value is -1.10. The summed E-state index contributed by atoms with van der Waals surface area (Å²) in [7, 11) is -1.48. The number of hydrogen-bond acceptors (Lipinski definition) is 1. The minimum atomic E-state index is -1.48. The van der Waals surface area contributed by atoms with Crippen LogP contribution in [0, 0.1) is 5.92 Å². The Morgan fingerprint density at radius 2 is 2.00 bits per heavy atom. The maximum absolute atomic E-state index is 13.9. The molecule has 98 valence electrons. The molecular formula is C13H15F2NOS. The van der Waals surface area contributed by atoms with Crippen molar-refractivity contribution < 1.29 is 13.0 Å². The van der Waals surface area contributed by atoms with E-state index in [0.717, 1.165) is 6.08 Å². The smallest absolute Gasteiger partial charge is 0.145 e. The van der Waals surface area contributed by atoms with Crippen molar-refractivity contribution in [1.29, 1.82) is 0 Å². The van der Waals surface area contributed by atoms with E-state index in [-0.39, 0.29) is 17.1 Å². The molecule has 0 N–H and O–H groups in total. The van der Waals surface area contributed by atoms with E-state index >= 15 is 0 Å². The van der Waals surface area contributed by atoms with Crippen LogP contribution in [0.4, 0.5) is 8.78 Å². The van der Waals surface area contributed by atoms with Crippen LogP contribution in [0.3, 0.4) is 0 Å². The Kier molecular flexibility index (Phi) is 3.13. The fourth-order valence-corrected chi connectivity index (χ4v) is 2.21. The van der Waals surface area contributed by atoms with Gasteiger partial charge < -0.3 is 0 Å². The molecule has 0 aromatic rings. The molecule has 2 rings (SSSR count). The van der Waals surface area contributed by atoms with Crippen LogP contribution in [0.25, 0.3) is 0 Å². The molecule has 0 saturated carbocycles. The number of rotatable bonds is 2. The van der Waals surface area contributed by atoms with Crippen LogP contribution in [0.5, 0.6) is 0 Å². The van der Waals surface area contributed by atoms with Crippen molar-refractivity contribution in [3.05, 3.63) is 35.0 Å². The van der Waals surface area contributed by atoms with Gasteiger partial charge in [0.05, 0.1) is 16.4 Å². The third-order valence-electron chi connectivity index (χ3n) is 2.77. The van der Waals surface area contributed by atoms with E-state index in [1.54, 1.807) is 27.7 Å². The first-order chi connectivity index (χ1) is 8.21. The van der Waals surface area contributed by atoms with E-state index in [1.165, 1.54) is 6.08 Å². The Balaban J connectivity index is 2.32. The predicted octanol–water partition coefficient (Wildman–Crippen LogP) is 3.56. The molecule has 0 aromatic heterocycles. The van der Waals surface area contributed by atoms with Crippen molar-refractivity contribution >= 4 is 16.7 Å². The molecule has 2 atom stereocenters. The minimum Gasteiger partial charge on any atom is -0.234 e. The van der Waals surface area contributed by atoms with E-state index in [1.807, 2.05) is 0 Å². The summed E-state index contributed by atoms with van der Waals surface area (Å²) in [6.07, 6.45) is 2.67. The monoisotopic (exact) mass is 271 g/mol. The second-order valence-corrected chi connectivity index (χ2v) is 7.30. The van der Waals surface area contributed by atoms with Crippen LogP contribution >= 0.6 is 0 Å². The summed E-state index contributed by atoms with van der Waals surface area (Å²) in [4.78, 5) is 0. The second kappa shape index (κ2) is 4.23. The maximum atomic E-state index is 13.9. The van der Waals surface area contributed by atoms with E-state index in [0.29, 0.717) is 5.57 Å². The highest BCUT2D eigenvalue weighted by molar-refractivity contribution is 7.85. The van der Waals surface area contributed by atoms with Crippen molar-refractivity contribution in [2.24, 2.45) is 10.3 Å². The molecule has 0 spiro atoms. The highest BCUT2D eigenvalue weighted by atomic mass is 32.2. The van der Waals surface area contributed by atoms with Crippen LogP contribution in [0.1, 0.15) is 27.7 Å². The number of allylic oxidation sites excluding steroid dienone is 6. The summed E-state index contributed by atoms with van der Waals surface area (Å²) >= 11 is 0. The quantitative estimate of drug-likeness (QED) is 0.706. The lowest BCUT2D eigenvalue weighted by molar-refractivity contribution is 0.564. The highest BCUT2D eigenvalue weighted by Gasteiger charge is 2.38. The lowest BCUT2D eigenvalue weighted by Gasteiger charge is -2.15. The highest BCUT2D eigenvalue weighted by Crippen LogP contribution is 2.47. The molecule has 5 heteroatoms. The van der Waals surface area contributed by atoms with Crippen molar-refractivity contribution in [1.82, 2.24) is 0 Å². The summed E-state index contributed by atoms with van der Waals surface area (Å²) < 4.78 is 42.6. The summed E-state index contributed by atoms with van der Waals surface area (Å²) in [5, 5.41) is 0. The molecule has 0 aliphatic heterocycles. The summed E-state index contributed by atoms with van der Waals surface area (Å²) in [6, 6.07) is 0. The second-order valence-electron chi connectivity index (χ2n) is 5.39. The van der Waals surface area contributed by atoms with Gasteiger partial charge in [-0.15, -0.1) is 0 Å². The van der Waals surface area contributed by atoms with E-state index in [4.69, 9.17) is 0 Å². The largest absolute Gasteiger partial charge is 0.234 e. The molecule has 0 saturated heterocycles. The molecule has 18 heavy (non-hydrogen) atoms. The average Bonchev–Trinajstić information content (AvgIpc) is 3.02. The Labute approximate surface area is 108 Å². The molecule has 0 amide bonds. The van der Waals surface area contributed by atoms with Gasteiger partial charge in [-0.05, 0) is 39.3 Å². The molecule has 2 aliphatic rings.